The Morgan fingerprint density at radius 1 is 1.12 bits per heavy atom. The summed E-state index contributed by atoms with van der Waals surface area (Å²) in [5, 5.41) is 22.2. The summed E-state index contributed by atoms with van der Waals surface area (Å²) < 4.78 is 5.21. The number of benzene rings is 2. The highest BCUT2D eigenvalue weighted by Crippen LogP contribution is 2.21. The molecule has 0 aliphatic carbocycles. The molecule has 1 heterocycles. The standard InChI is InChI=1S/C19H12N4O/c1-13-5-7-16(8-6-13)18-22-19(24-23-18)17(12-21)10-14-3-2-4-15(9-14)11-20/h2-10H,1H3/b17-10-. The number of aryl methyl sites for hydroxylation is 1. The lowest BCUT2D eigenvalue weighted by Crippen LogP contribution is -1.85. The zero-order chi connectivity index (χ0) is 16.9. The van der Waals surface area contributed by atoms with Crippen LogP contribution < -0.4 is 0 Å². The van der Waals surface area contributed by atoms with E-state index in [1.807, 2.05) is 31.2 Å². The Bertz CT molecular complexity index is 985. The molecule has 0 atom stereocenters. The molecule has 0 bridgehead atoms. The van der Waals surface area contributed by atoms with Gasteiger partial charge in [-0.2, -0.15) is 15.5 Å². The van der Waals surface area contributed by atoms with Crippen molar-refractivity contribution in [3.8, 4) is 23.5 Å². The van der Waals surface area contributed by atoms with Crippen molar-refractivity contribution in [1.29, 1.82) is 10.5 Å². The molecule has 3 rings (SSSR count). The van der Waals surface area contributed by atoms with Crippen LogP contribution in [0.5, 0.6) is 0 Å². The minimum Gasteiger partial charge on any atom is -0.333 e. The lowest BCUT2D eigenvalue weighted by molar-refractivity contribution is 0.409. The first-order chi connectivity index (χ1) is 11.7. The van der Waals surface area contributed by atoms with E-state index < -0.39 is 0 Å². The molecule has 0 saturated heterocycles. The zero-order valence-electron chi connectivity index (χ0n) is 12.9. The second-order valence-electron chi connectivity index (χ2n) is 5.20. The Kier molecular flexibility index (Phi) is 4.18. The van der Waals surface area contributed by atoms with E-state index in [0.29, 0.717) is 11.4 Å². The maximum Gasteiger partial charge on any atom is 0.268 e. The highest BCUT2D eigenvalue weighted by atomic mass is 16.5. The van der Waals surface area contributed by atoms with Gasteiger partial charge in [0.05, 0.1) is 11.6 Å². The molecule has 0 fully saturated rings. The Balaban J connectivity index is 1.95. The van der Waals surface area contributed by atoms with Crippen molar-refractivity contribution in [2.75, 3.05) is 0 Å². The summed E-state index contributed by atoms with van der Waals surface area (Å²) in [4.78, 5) is 4.29. The highest BCUT2D eigenvalue weighted by molar-refractivity contribution is 5.86. The number of allylic oxidation sites excluding steroid dienone is 1. The van der Waals surface area contributed by atoms with Crippen LogP contribution in [0, 0.1) is 29.6 Å². The Hall–Kier alpha value is -3.70. The molecule has 0 N–H and O–H groups in total. The Morgan fingerprint density at radius 2 is 1.92 bits per heavy atom. The van der Waals surface area contributed by atoms with Crippen LogP contribution in [0.4, 0.5) is 0 Å². The molecule has 0 aliphatic rings. The van der Waals surface area contributed by atoms with E-state index in [1.54, 1.807) is 30.3 Å². The summed E-state index contributed by atoms with van der Waals surface area (Å²) in [6.45, 7) is 2.00. The number of nitriles is 2. The molecule has 0 amide bonds. The zero-order valence-corrected chi connectivity index (χ0v) is 12.9. The third kappa shape index (κ3) is 3.21. The van der Waals surface area contributed by atoms with Gasteiger partial charge in [0.1, 0.15) is 11.6 Å². The van der Waals surface area contributed by atoms with Gasteiger partial charge < -0.3 is 4.52 Å². The van der Waals surface area contributed by atoms with E-state index in [1.165, 1.54) is 0 Å². The SMILES string of the molecule is Cc1ccc(-c2noc(/C(C#N)=C\c3cccc(C#N)c3)n2)cc1. The molecule has 5 heteroatoms. The molecule has 5 nitrogen and oxygen atoms in total. The van der Waals surface area contributed by atoms with Crippen LogP contribution in [-0.4, -0.2) is 10.1 Å². The molecule has 3 aromatic rings. The molecule has 24 heavy (non-hydrogen) atoms. The van der Waals surface area contributed by atoms with Crippen molar-refractivity contribution in [1.82, 2.24) is 10.1 Å². The fourth-order valence-corrected chi connectivity index (χ4v) is 2.16. The largest absolute Gasteiger partial charge is 0.333 e. The van der Waals surface area contributed by atoms with Gasteiger partial charge in [-0.15, -0.1) is 0 Å². The third-order valence-corrected chi connectivity index (χ3v) is 3.41. The van der Waals surface area contributed by atoms with Crippen LogP contribution in [0.25, 0.3) is 23.0 Å². The van der Waals surface area contributed by atoms with Crippen LogP contribution in [-0.2, 0) is 0 Å². The van der Waals surface area contributed by atoms with Crippen molar-refractivity contribution in [3.63, 3.8) is 0 Å². The smallest absolute Gasteiger partial charge is 0.268 e. The highest BCUT2D eigenvalue weighted by Gasteiger charge is 2.13. The fourth-order valence-electron chi connectivity index (χ4n) is 2.16. The molecule has 1 aromatic heterocycles. The van der Waals surface area contributed by atoms with Crippen LogP contribution in [0.15, 0.2) is 53.1 Å². The van der Waals surface area contributed by atoms with Gasteiger partial charge in [-0.3, -0.25) is 0 Å². The van der Waals surface area contributed by atoms with Crippen LogP contribution in [0.2, 0.25) is 0 Å². The van der Waals surface area contributed by atoms with Gasteiger partial charge in [0, 0.05) is 5.56 Å². The first-order valence-electron chi connectivity index (χ1n) is 7.22. The lowest BCUT2D eigenvalue weighted by Gasteiger charge is -1.95. The summed E-state index contributed by atoms with van der Waals surface area (Å²) in [6, 6.07) is 18.8. The number of nitrogens with zero attached hydrogens (tertiary/aromatic N) is 4. The van der Waals surface area contributed by atoms with Crippen molar-refractivity contribution in [3.05, 3.63) is 71.1 Å². The molecule has 114 valence electrons. The van der Waals surface area contributed by atoms with E-state index in [4.69, 9.17) is 9.78 Å². The van der Waals surface area contributed by atoms with E-state index >= 15 is 0 Å². The van der Waals surface area contributed by atoms with Gasteiger partial charge in [-0.25, -0.2) is 0 Å². The average molecular weight is 312 g/mol. The molecular weight excluding hydrogens is 300 g/mol. The molecule has 0 saturated carbocycles. The first kappa shape index (κ1) is 15.2. The van der Waals surface area contributed by atoms with E-state index in [0.717, 1.165) is 16.7 Å². The Labute approximate surface area is 139 Å². The van der Waals surface area contributed by atoms with Crippen LogP contribution >= 0.6 is 0 Å². The first-order valence-corrected chi connectivity index (χ1v) is 7.22. The lowest BCUT2D eigenvalue weighted by atomic mass is 10.1. The van der Waals surface area contributed by atoms with Crippen molar-refractivity contribution < 1.29 is 4.52 Å². The number of aromatic nitrogens is 2. The van der Waals surface area contributed by atoms with Crippen LogP contribution in [0.3, 0.4) is 0 Å². The number of hydrogen-bond donors (Lipinski definition) is 0. The normalized spacial score (nSPS) is 10.9. The van der Waals surface area contributed by atoms with Gasteiger partial charge in [0.25, 0.3) is 5.89 Å². The topological polar surface area (TPSA) is 86.5 Å². The molecule has 0 radical (unpaired) electrons. The second-order valence-corrected chi connectivity index (χ2v) is 5.20. The van der Waals surface area contributed by atoms with E-state index in [9.17, 15) is 5.26 Å². The molecule has 0 unspecified atom stereocenters. The monoisotopic (exact) mass is 312 g/mol. The maximum atomic E-state index is 9.37. The van der Waals surface area contributed by atoms with Gasteiger partial charge in [0.2, 0.25) is 5.82 Å². The Morgan fingerprint density at radius 3 is 2.62 bits per heavy atom. The maximum absolute atomic E-state index is 9.37. The van der Waals surface area contributed by atoms with E-state index in [-0.39, 0.29) is 11.5 Å². The summed E-state index contributed by atoms with van der Waals surface area (Å²) in [6.07, 6.45) is 1.62. The van der Waals surface area contributed by atoms with E-state index in [2.05, 4.69) is 22.3 Å². The number of rotatable bonds is 3. The van der Waals surface area contributed by atoms with Crippen molar-refractivity contribution in [2.45, 2.75) is 6.92 Å². The minimum absolute atomic E-state index is 0.149. The molecule has 2 aromatic carbocycles. The summed E-state index contributed by atoms with van der Waals surface area (Å²) in [5.41, 5.74) is 3.44. The quantitative estimate of drug-likeness (QED) is 0.683. The molecule has 0 spiro atoms. The fraction of sp³-hybridized carbons (Fsp3) is 0.0526. The third-order valence-electron chi connectivity index (χ3n) is 3.41. The van der Waals surface area contributed by atoms with Gasteiger partial charge >= 0.3 is 0 Å². The van der Waals surface area contributed by atoms with Crippen molar-refractivity contribution >= 4 is 11.6 Å². The summed E-state index contributed by atoms with van der Waals surface area (Å²) in [5.74, 6) is 0.576. The van der Waals surface area contributed by atoms with Crippen molar-refractivity contribution in [2.24, 2.45) is 0 Å². The predicted octanol–water partition coefficient (Wildman–Crippen LogP) is 3.98. The van der Waals surface area contributed by atoms with Gasteiger partial charge in [-0.1, -0.05) is 47.1 Å². The summed E-state index contributed by atoms with van der Waals surface area (Å²) in [7, 11) is 0. The van der Waals surface area contributed by atoms with Gasteiger partial charge in [-0.05, 0) is 30.7 Å². The predicted molar refractivity (Wildman–Crippen MR) is 89.1 cm³/mol. The summed E-state index contributed by atoms with van der Waals surface area (Å²) >= 11 is 0. The second kappa shape index (κ2) is 6.60. The number of hydrogen-bond acceptors (Lipinski definition) is 5. The molecular formula is C19H12N4O. The molecule has 0 aliphatic heterocycles. The minimum atomic E-state index is 0.149. The average Bonchev–Trinajstić information content (AvgIpc) is 3.10. The van der Waals surface area contributed by atoms with Crippen LogP contribution in [0.1, 0.15) is 22.6 Å². The van der Waals surface area contributed by atoms with Gasteiger partial charge in [0.15, 0.2) is 0 Å².